The van der Waals surface area contributed by atoms with Crippen LogP contribution in [0.1, 0.15) is 23.7 Å². The second-order valence-corrected chi connectivity index (χ2v) is 6.55. The van der Waals surface area contributed by atoms with Crippen LogP contribution >= 0.6 is 0 Å². The number of piperazine rings is 1. The number of furan rings is 1. The minimum absolute atomic E-state index is 0.0663. The molecule has 2 aromatic rings. The molecular weight excluding hydrogens is 314 g/mol. The van der Waals surface area contributed by atoms with Crippen LogP contribution < -0.4 is 10.6 Å². The minimum atomic E-state index is 0.0663. The minimum Gasteiger partial charge on any atom is -0.469 e. The number of carbonyl (C=O) groups is 1. The number of hydrogen-bond donors (Lipinski definition) is 2. The number of hydrogen-bond acceptors (Lipinski definition) is 4. The van der Waals surface area contributed by atoms with E-state index in [1.54, 1.807) is 6.26 Å². The predicted molar refractivity (Wildman–Crippen MR) is 98.5 cm³/mol. The van der Waals surface area contributed by atoms with E-state index < -0.39 is 0 Å². The van der Waals surface area contributed by atoms with Crippen LogP contribution in [0.3, 0.4) is 0 Å². The van der Waals surface area contributed by atoms with Gasteiger partial charge in [-0.05, 0) is 24.1 Å². The highest BCUT2D eigenvalue weighted by atomic mass is 16.3. The third-order valence-corrected chi connectivity index (χ3v) is 4.66. The van der Waals surface area contributed by atoms with Gasteiger partial charge in [-0.3, -0.25) is 9.69 Å². The molecule has 1 saturated heterocycles. The van der Waals surface area contributed by atoms with Gasteiger partial charge in [0, 0.05) is 51.6 Å². The zero-order valence-corrected chi connectivity index (χ0v) is 14.6. The van der Waals surface area contributed by atoms with E-state index in [1.165, 1.54) is 5.56 Å². The first-order valence-electron chi connectivity index (χ1n) is 9.08. The van der Waals surface area contributed by atoms with Gasteiger partial charge in [0.25, 0.3) is 0 Å². The second-order valence-electron chi connectivity index (χ2n) is 6.55. The lowest BCUT2D eigenvalue weighted by Crippen LogP contribution is -2.46. The summed E-state index contributed by atoms with van der Waals surface area (Å²) in [4.78, 5) is 14.8. The molecule has 1 amide bonds. The summed E-state index contributed by atoms with van der Waals surface area (Å²) >= 11 is 0. The summed E-state index contributed by atoms with van der Waals surface area (Å²) in [5.41, 5.74) is 1.22. The average Bonchev–Trinajstić information content (AvgIpc) is 3.18. The second kappa shape index (κ2) is 9.39. The van der Waals surface area contributed by atoms with Crippen LogP contribution in [0, 0.1) is 0 Å². The number of carbonyl (C=O) groups excluding carboxylic acids is 1. The van der Waals surface area contributed by atoms with Crippen LogP contribution in [0.5, 0.6) is 0 Å². The van der Waals surface area contributed by atoms with Crippen molar-refractivity contribution in [2.75, 3.05) is 39.3 Å². The van der Waals surface area contributed by atoms with E-state index in [0.29, 0.717) is 13.0 Å². The molecule has 1 atom stereocenters. The van der Waals surface area contributed by atoms with Crippen LogP contribution in [0.25, 0.3) is 0 Å². The highest BCUT2D eigenvalue weighted by molar-refractivity contribution is 5.76. The van der Waals surface area contributed by atoms with E-state index in [1.807, 2.05) is 30.3 Å². The Morgan fingerprint density at radius 1 is 1.16 bits per heavy atom. The average molecular weight is 341 g/mol. The Morgan fingerprint density at radius 3 is 2.68 bits per heavy atom. The van der Waals surface area contributed by atoms with Crippen molar-refractivity contribution in [1.82, 2.24) is 15.5 Å². The van der Waals surface area contributed by atoms with Crippen molar-refractivity contribution in [3.05, 3.63) is 60.1 Å². The zero-order chi connectivity index (χ0) is 17.3. The molecule has 1 aliphatic heterocycles. The lowest BCUT2D eigenvalue weighted by Gasteiger charge is -2.27. The summed E-state index contributed by atoms with van der Waals surface area (Å²) in [7, 11) is 0. The number of amides is 1. The van der Waals surface area contributed by atoms with Gasteiger partial charge >= 0.3 is 0 Å². The molecule has 1 aliphatic rings. The molecule has 1 fully saturated rings. The number of nitrogens with one attached hydrogen (secondary N) is 2. The molecular formula is C20H27N3O2. The summed E-state index contributed by atoms with van der Waals surface area (Å²) < 4.78 is 5.57. The largest absolute Gasteiger partial charge is 0.469 e. The van der Waals surface area contributed by atoms with Crippen molar-refractivity contribution < 1.29 is 9.21 Å². The van der Waals surface area contributed by atoms with Crippen molar-refractivity contribution in [2.24, 2.45) is 0 Å². The molecule has 3 rings (SSSR count). The molecule has 5 heteroatoms. The van der Waals surface area contributed by atoms with Crippen molar-refractivity contribution in [1.29, 1.82) is 0 Å². The van der Waals surface area contributed by atoms with Gasteiger partial charge in [0.15, 0.2) is 0 Å². The van der Waals surface area contributed by atoms with Crippen LogP contribution in [0.4, 0.5) is 0 Å². The summed E-state index contributed by atoms with van der Waals surface area (Å²) in [6.07, 6.45) is 2.93. The Bertz CT molecular complexity index is 622. The summed E-state index contributed by atoms with van der Waals surface area (Å²) in [6.45, 7) is 5.79. The Labute approximate surface area is 149 Å². The maximum absolute atomic E-state index is 12.4. The fourth-order valence-electron chi connectivity index (χ4n) is 3.28. The van der Waals surface area contributed by atoms with Crippen molar-refractivity contribution in [3.63, 3.8) is 0 Å². The lowest BCUT2D eigenvalue weighted by atomic mass is 9.93. The van der Waals surface area contributed by atoms with E-state index in [0.717, 1.165) is 44.9 Å². The van der Waals surface area contributed by atoms with Gasteiger partial charge in [-0.2, -0.15) is 0 Å². The van der Waals surface area contributed by atoms with E-state index in [9.17, 15) is 4.79 Å². The number of rotatable bonds is 8. The van der Waals surface area contributed by atoms with Gasteiger partial charge in [-0.1, -0.05) is 30.3 Å². The Morgan fingerprint density at radius 2 is 1.96 bits per heavy atom. The van der Waals surface area contributed by atoms with Gasteiger partial charge in [0.2, 0.25) is 5.91 Å². The van der Waals surface area contributed by atoms with Gasteiger partial charge < -0.3 is 15.1 Å². The first-order chi connectivity index (χ1) is 12.3. The Kier molecular flexibility index (Phi) is 6.65. The molecule has 2 heterocycles. The molecule has 1 aromatic carbocycles. The fourth-order valence-corrected chi connectivity index (χ4v) is 3.28. The zero-order valence-electron chi connectivity index (χ0n) is 14.6. The first-order valence-corrected chi connectivity index (χ1v) is 9.08. The third kappa shape index (κ3) is 5.73. The smallest absolute Gasteiger partial charge is 0.220 e. The first kappa shape index (κ1) is 17.7. The van der Waals surface area contributed by atoms with E-state index in [4.69, 9.17) is 4.42 Å². The molecule has 0 bridgehead atoms. The lowest BCUT2D eigenvalue weighted by molar-refractivity contribution is -0.121. The summed E-state index contributed by atoms with van der Waals surface area (Å²) in [6, 6.07) is 14.1. The third-order valence-electron chi connectivity index (χ3n) is 4.66. The molecule has 1 aromatic heterocycles. The molecule has 0 aliphatic carbocycles. The molecule has 25 heavy (non-hydrogen) atoms. The molecule has 2 N–H and O–H groups in total. The van der Waals surface area contributed by atoms with Gasteiger partial charge in [0.05, 0.1) is 6.26 Å². The highest BCUT2D eigenvalue weighted by Gasteiger charge is 2.19. The van der Waals surface area contributed by atoms with Crippen molar-refractivity contribution in [3.8, 4) is 0 Å². The summed E-state index contributed by atoms with van der Waals surface area (Å²) in [5, 5.41) is 6.40. The van der Waals surface area contributed by atoms with Crippen molar-refractivity contribution >= 4 is 5.91 Å². The van der Waals surface area contributed by atoms with Crippen LogP contribution in [0.15, 0.2) is 53.1 Å². The van der Waals surface area contributed by atoms with Gasteiger partial charge in [-0.25, -0.2) is 0 Å². The van der Waals surface area contributed by atoms with Crippen molar-refractivity contribution in [2.45, 2.75) is 18.8 Å². The highest BCUT2D eigenvalue weighted by Crippen LogP contribution is 2.24. The standard InChI is InChI=1S/C20H27N3O2/c24-20(22-10-13-23-11-8-21-9-12-23)16-18(19-7-4-14-25-19)15-17-5-2-1-3-6-17/h1-7,14,18,21H,8-13,15-16H2,(H,22,24). The van der Waals surface area contributed by atoms with E-state index in [-0.39, 0.29) is 11.8 Å². The normalized spacial score (nSPS) is 16.5. The van der Waals surface area contributed by atoms with Gasteiger partial charge in [0.1, 0.15) is 5.76 Å². The summed E-state index contributed by atoms with van der Waals surface area (Å²) in [5.74, 6) is 1.03. The van der Waals surface area contributed by atoms with E-state index in [2.05, 4.69) is 27.7 Å². The van der Waals surface area contributed by atoms with E-state index >= 15 is 0 Å². The topological polar surface area (TPSA) is 57.5 Å². The maximum atomic E-state index is 12.4. The molecule has 0 spiro atoms. The molecule has 134 valence electrons. The molecule has 5 nitrogen and oxygen atoms in total. The SMILES string of the molecule is O=C(CC(Cc1ccccc1)c1ccco1)NCCN1CCNCC1. The fraction of sp³-hybridized carbons (Fsp3) is 0.450. The molecule has 1 unspecified atom stereocenters. The van der Waals surface area contributed by atoms with Crippen LogP contribution in [0.2, 0.25) is 0 Å². The quantitative estimate of drug-likeness (QED) is 0.771. The predicted octanol–water partition coefficient (Wildman–Crippen LogP) is 2.02. The maximum Gasteiger partial charge on any atom is 0.220 e. The number of nitrogens with zero attached hydrogens (tertiary/aromatic N) is 1. The van der Waals surface area contributed by atoms with Crippen LogP contribution in [-0.2, 0) is 11.2 Å². The Balaban J connectivity index is 1.50. The molecule has 0 saturated carbocycles. The molecule has 0 radical (unpaired) electrons. The monoisotopic (exact) mass is 341 g/mol. The van der Waals surface area contributed by atoms with Gasteiger partial charge in [-0.15, -0.1) is 0 Å². The Hall–Kier alpha value is -2.11. The van der Waals surface area contributed by atoms with Crippen LogP contribution in [-0.4, -0.2) is 50.1 Å². The number of benzene rings is 1.